The van der Waals surface area contributed by atoms with Gasteiger partial charge in [0, 0.05) is 12.6 Å². The molecule has 1 aliphatic heterocycles. The molecule has 3 aromatic rings. The van der Waals surface area contributed by atoms with Crippen molar-refractivity contribution >= 4 is 5.91 Å². The second kappa shape index (κ2) is 10.00. The van der Waals surface area contributed by atoms with E-state index >= 15 is 0 Å². The van der Waals surface area contributed by atoms with E-state index in [1.54, 1.807) is 30.3 Å². The Bertz CT molecular complexity index is 1080. The number of nitrogens with one attached hydrogen (secondary N) is 1. The molecular formula is C24H25NO7. The van der Waals surface area contributed by atoms with Crippen LogP contribution < -0.4 is 29.0 Å². The third-order valence-electron chi connectivity index (χ3n) is 4.67. The number of rotatable bonds is 10. The summed E-state index contributed by atoms with van der Waals surface area (Å²) < 4.78 is 33.2. The SMILES string of the molecule is CCOc1ccc(CNC(=O)c2ccc(COc3ccc4c(c3)OCO4)o2)cc1OCC. The molecule has 0 bridgehead atoms. The normalized spacial score (nSPS) is 11.8. The average molecular weight is 439 g/mol. The lowest BCUT2D eigenvalue weighted by Crippen LogP contribution is -2.22. The molecule has 0 saturated heterocycles. The fraction of sp³-hybridized carbons (Fsp3) is 0.292. The van der Waals surface area contributed by atoms with Crippen molar-refractivity contribution in [2.24, 2.45) is 0 Å². The van der Waals surface area contributed by atoms with E-state index in [0.29, 0.717) is 54.3 Å². The van der Waals surface area contributed by atoms with Crippen LogP contribution in [0.3, 0.4) is 0 Å². The van der Waals surface area contributed by atoms with Crippen molar-refractivity contribution in [3.63, 3.8) is 0 Å². The minimum Gasteiger partial charge on any atom is -0.490 e. The summed E-state index contributed by atoms with van der Waals surface area (Å²) in [6.45, 7) is 5.63. The fourth-order valence-corrected chi connectivity index (χ4v) is 3.17. The molecule has 32 heavy (non-hydrogen) atoms. The van der Waals surface area contributed by atoms with E-state index in [-0.39, 0.29) is 25.1 Å². The first-order valence-electron chi connectivity index (χ1n) is 10.4. The van der Waals surface area contributed by atoms with Gasteiger partial charge in [-0.2, -0.15) is 0 Å². The largest absolute Gasteiger partial charge is 0.490 e. The van der Waals surface area contributed by atoms with Crippen LogP contribution in [0, 0.1) is 0 Å². The molecule has 0 unspecified atom stereocenters. The van der Waals surface area contributed by atoms with Crippen molar-refractivity contribution in [3.8, 4) is 28.7 Å². The standard InChI is InChI=1S/C24H25NO7/c1-3-27-19-8-5-16(11-22(19)28-4-2)13-25-24(26)21-10-7-18(32-21)14-29-17-6-9-20-23(12-17)31-15-30-20/h5-12H,3-4,13-15H2,1-2H3,(H,25,26). The molecule has 1 N–H and O–H groups in total. The second-order valence-corrected chi connectivity index (χ2v) is 6.90. The Hall–Kier alpha value is -3.81. The van der Waals surface area contributed by atoms with Crippen LogP contribution in [0.4, 0.5) is 0 Å². The summed E-state index contributed by atoms with van der Waals surface area (Å²) in [5.41, 5.74) is 0.892. The minimum atomic E-state index is -0.314. The quantitative estimate of drug-likeness (QED) is 0.503. The van der Waals surface area contributed by atoms with Gasteiger partial charge in [0.25, 0.3) is 5.91 Å². The number of carbonyl (C=O) groups is 1. The van der Waals surface area contributed by atoms with Crippen LogP contribution in [0.5, 0.6) is 28.7 Å². The van der Waals surface area contributed by atoms with Crippen molar-refractivity contribution < 1.29 is 32.9 Å². The summed E-state index contributed by atoms with van der Waals surface area (Å²) in [6.07, 6.45) is 0. The molecule has 0 saturated carbocycles. The van der Waals surface area contributed by atoms with Crippen LogP contribution in [0.15, 0.2) is 52.9 Å². The number of ether oxygens (including phenoxy) is 5. The van der Waals surface area contributed by atoms with Crippen LogP contribution in [0.25, 0.3) is 0 Å². The highest BCUT2D eigenvalue weighted by atomic mass is 16.7. The van der Waals surface area contributed by atoms with E-state index in [1.165, 1.54) is 0 Å². The van der Waals surface area contributed by atoms with Gasteiger partial charge < -0.3 is 33.4 Å². The molecular weight excluding hydrogens is 414 g/mol. The Labute approximate surface area is 186 Å². The first-order chi connectivity index (χ1) is 15.7. The molecule has 0 fully saturated rings. The highest BCUT2D eigenvalue weighted by Crippen LogP contribution is 2.35. The summed E-state index contributed by atoms with van der Waals surface area (Å²) in [4.78, 5) is 12.5. The minimum absolute atomic E-state index is 0.184. The molecule has 0 spiro atoms. The van der Waals surface area contributed by atoms with E-state index in [0.717, 1.165) is 5.56 Å². The third kappa shape index (κ3) is 5.08. The summed E-state index contributed by atoms with van der Waals surface area (Å²) in [5, 5.41) is 2.85. The molecule has 1 aromatic heterocycles. The lowest BCUT2D eigenvalue weighted by molar-refractivity contribution is 0.0919. The fourth-order valence-electron chi connectivity index (χ4n) is 3.17. The zero-order chi connectivity index (χ0) is 22.3. The predicted molar refractivity (Wildman–Crippen MR) is 116 cm³/mol. The van der Waals surface area contributed by atoms with E-state index in [2.05, 4.69) is 5.32 Å². The van der Waals surface area contributed by atoms with E-state index in [4.69, 9.17) is 28.1 Å². The lowest BCUT2D eigenvalue weighted by Gasteiger charge is -2.12. The number of hydrogen-bond donors (Lipinski definition) is 1. The Morgan fingerprint density at radius 1 is 0.906 bits per heavy atom. The van der Waals surface area contributed by atoms with Crippen molar-refractivity contribution in [2.45, 2.75) is 27.0 Å². The number of amides is 1. The highest BCUT2D eigenvalue weighted by molar-refractivity contribution is 5.91. The molecule has 1 aliphatic rings. The number of fused-ring (bicyclic) bond motifs is 1. The molecule has 8 nitrogen and oxygen atoms in total. The van der Waals surface area contributed by atoms with Gasteiger partial charge in [0.1, 0.15) is 18.1 Å². The van der Waals surface area contributed by atoms with Crippen molar-refractivity contribution in [1.29, 1.82) is 0 Å². The van der Waals surface area contributed by atoms with Gasteiger partial charge in [-0.1, -0.05) is 6.07 Å². The van der Waals surface area contributed by atoms with Crippen molar-refractivity contribution in [1.82, 2.24) is 5.32 Å². The molecule has 168 valence electrons. The summed E-state index contributed by atoms with van der Waals surface area (Å²) in [5.74, 6) is 3.73. The number of carbonyl (C=O) groups excluding carboxylic acids is 1. The lowest BCUT2D eigenvalue weighted by atomic mass is 10.2. The Morgan fingerprint density at radius 3 is 2.56 bits per heavy atom. The third-order valence-corrected chi connectivity index (χ3v) is 4.67. The van der Waals surface area contributed by atoms with Crippen LogP contribution >= 0.6 is 0 Å². The van der Waals surface area contributed by atoms with Crippen LogP contribution in [-0.2, 0) is 13.2 Å². The number of benzene rings is 2. The van der Waals surface area contributed by atoms with Crippen LogP contribution in [0.1, 0.15) is 35.7 Å². The van der Waals surface area contributed by atoms with Gasteiger partial charge in [0.2, 0.25) is 6.79 Å². The Balaban J connectivity index is 1.31. The second-order valence-electron chi connectivity index (χ2n) is 6.90. The number of hydrogen-bond acceptors (Lipinski definition) is 7. The summed E-state index contributed by atoms with van der Waals surface area (Å²) in [6, 6.07) is 14.3. The molecule has 4 rings (SSSR count). The molecule has 2 aromatic carbocycles. The van der Waals surface area contributed by atoms with Gasteiger partial charge in [-0.25, -0.2) is 0 Å². The molecule has 8 heteroatoms. The van der Waals surface area contributed by atoms with Gasteiger partial charge >= 0.3 is 0 Å². The molecule has 0 radical (unpaired) electrons. The maximum absolute atomic E-state index is 12.5. The average Bonchev–Trinajstić information content (AvgIpc) is 3.47. The monoisotopic (exact) mass is 439 g/mol. The predicted octanol–water partition coefficient (Wildman–Crippen LogP) is 4.31. The number of furan rings is 1. The van der Waals surface area contributed by atoms with Gasteiger partial charge in [-0.3, -0.25) is 4.79 Å². The van der Waals surface area contributed by atoms with E-state index in [1.807, 2.05) is 32.0 Å². The zero-order valence-electron chi connectivity index (χ0n) is 18.0. The molecule has 1 amide bonds. The van der Waals surface area contributed by atoms with Crippen molar-refractivity contribution in [3.05, 3.63) is 65.6 Å². The van der Waals surface area contributed by atoms with Gasteiger partial charge in [0.05, 0.1) is 13.2 Å². The molecule has 0 aliphatic carbocycles. The zero-order valence-corrected chi connectivity index (χ0v) is 18.0. The summed E-state index contributed by atoms with van der Waals surface area (Å²) >= 11 is 0. The first-order valence-corrected chi connectivity index (χ1v) is 10.4. The Kier molecular flexibility index (Phi) is 6.69. The topological polar surface area (TPSA) is 88.4 Å². The van der Waals surface area contributed by atoms with Gasteiger partial charge in [-0.05, 0) is 55.8 Å². The molecule has 2 heterocycles. The van der Waals surface area contributed by atoms with Crippen LogP contribution in [-0.4, -0.2) is 25.9 Å². The van der Waals surface area contributed by atoms with E-state index in [9.17, 15) is 4.79 Å². The maximum atomic E-state index is 12.5. The van der Waals surface area contributed by atoms with E-state index < -0.39 is 0 Å². The van der Waals surface area contributed by atoms with Crippen LogP contribution in [0.2, 0.25) is 0 Å². The smallest absolute Gasteiger partial charge is 0.287 e. The first kappa shape index (κ1) is 21.4. The Morgan fingerprint density at radius 2 is 1.72 bits per heavy atom. The maximum Gasteiger partial charge on any atom is 0.287 e. The van der Waals surface area contributed by atoms with Crippen molar-refractivity contribution in [2.75, 3.05) is 20.0 Å². The van der Waals surface area contributed by atoms with Gasteiger partial charge in [-0.15, -0.1) is 0 Å². The summed E-state index contributed by atoms with van der Waals surface area (Å²) in [7, 11) is 0. The van der Waals surface area contributed by atoms with Gasteiger partial charge in [0.15, 0.2) is 28.8 Å². The molecule has 0 atom stereocenters. The highest BCUT2D eigenvalue weighted by Gasteiger charge is 2.15.